The van der Waals surface area contributed by atoms with Gasteiger partial charge in [0.05, 0.1) is 23.3 Å². The van der Waals surface area contributed by atoms with E-state index in [9.17, 15) is 12.8 Å². The molecule has 0 amide bonds. The minimum Gasteiger partial charge on any atom is -0.382 e. The van der Waals surface area contributed by atoms with Gasteiger partial charge in [0, 0.05) is 62.8 Å². The quantitative estimate of drug-likeness (QED) is 0.391. The highest BCUT2D eigenvalue weighted by atomic mass is 32.2. The van der Waals surface area contributed by atoms with E-state index in [1.165, 1.54) is 0 Å². The second kappa shape index (κ2) is 10.9. The minimum absolute atomic E-state index is 0.0482. The fourth-order valence-electron chi connectivity index (χ4n) is 4.25. The van der Waals surface area contributed by atoms with Crippen molar-refractivity contribution in [1.82, 2.24) is 19.8 Å². The number of sulfonamides is 1. The molecule has 11 heteroatoms. The fourth-order valence-corrected chi connectivity index (χ4v) is 5.38. The van der Waals surface area contributed by atoms with E-state index in [2.05, 4.69) is 36.9 Å². The summed E-state index contributed by atoms with van der Waals surface area (Å²) in [6.07, 6.45) is 3.75. The van der Waals surface area contributed by atoms with Gasteiger partial charge in [0.1, 0.15) is 11.5 Å². The van der Waals surface area contributed by atoms with Crippen molar-refractivity contribution >= 4 is 32.4 Å². The van der Waals surface area contributed by atoms with Crippen LogP contribution in [0, 0.1) is 11.6 Å². The molecule has 0 unspecified atom stereocenters. The first kappa shape index (κ1) is 25.3. The number of fused-ring (bicyclic) bond motifs is 1. The Morgan fingerprint density at radius 1 is 1.17 bits per heavy atom. The van der Waals surface area contributed by atoms with Crippen molar-refractivity contribution in [3.05, 3.63) is 53.4 Å². The summed E-state index contributed by atoms with van der Waals surface area (Å²) in [6.45, 7) is 7.61. The number of nitrogens with zero attached hydrogens (tertiary/aromatic N) is 3. The highest BCUT2D eigenvalue weighted by Gasteiger charge is 2.20. The zero-order valence-corrected chi connectivity index (χ0v) is 20.9. The third-order valence-corrected chi connectivity index (χ3v) is 7.74. The van der Waals surface area contributed by atoms with Gasteiger partial charge in [-0.05, 0) is 37.2 Å². The van der Waals surface area contributed by atoms with Crippen molar-refractivity contribution in [2.45, 2.75) is 19.8 Å². The number of rotatable bonds is 10. The summed E-state index contributed by atoms with van der Waals surface area (Å²) in [6, 6.07) is 4.11. The van der Waals surface area contributed by atoms with Crippen LogP contribution < -0.4 is 10.0 Å². The van der Waals surface area contributed by atoms with Crippen LogP contribution in [0.5, 0.6) is 0 Å². The SMILES string of the molecule is CCCS(=O)(=O)Nc1ccc(F)c(Cc2c[nH]c3ncc(NCCN4CCN(C)CC4)cc23)c1F. The van der Waals surface area contributed by atoms with Crippen LogP contribution in [0.1, 0.15) is 24.5 Å². The number of hydrogen-bond acceptors (Lipinski definition) is 6. The van der Waals surface area contributed by atoms with Crippen molar-refractivity contribution in [2.75, 3.05) is 62.1 Å². The number of pyridine rings is 1. The number of piperazine rings is 1. The van der Waals surface area contributed by atoms with Crippen LogP contribution in [0.2, 0.25) is 0 Å². The Bertz CT molecular complexity index is 1270. The summed E-state index contributed by atoms with van der Waals surface area (Å²) < 4.78 is 56.1. The number of halogens is 2. The maximum Gasteiger partial charge on any atom is 0.232 e. The first-order chi connectivity index (χ1) is 16.8. The molecule has 0 spiro atoms. The predicted octanol–water partition coefficient (Wildman–Crippen LogP) is 3.24. The Hall–Kier alpha value is -2.76. The molecule has 190 valence electrons. The number of anilines is 2. The molecule has 2 aromatic heterocycles. The third kappa shape index (κ3) is 6.28. The molecule has 8 nitrogen and oxygen atoms in total. The van der Waals surface area contributed by atoms with E-state index in [0.717, 1.165) is 62.5 Å². The van der Waals surface area contributed by atoms with Crippen LogP contribution in [0.3, 0.4) is 0 Å². The molecule has 1 aromatic carbocycles. The highest BCUT2D eigenvalue weighted by molar-refractivity contribution is 7.92. The zero-order chi connectivity index (χ0) is 25.0. The lowest BCUT2D eigenvalue weighted by Gasteiger charge is -2.32. The Labute approximate surface area is 204 Å². The van der Waals surface area contributed by atoms with Gasteiger partial charge in [-0.1, -0.05) is 6.92 Å². The molecule has 3 N–H and O–H groups in total. The molecule has 1 aliphatic rings. The number of aromatic amines is 1. The van der Waals surface area contributed by atoms with Gasteiger partial charge in [0.25, 0.3) is 0 Å². The second-order valence-electron chi connectivity index (χ2n) is 8.99. The van der Waals surface area contributed by atoms with E-state index in [-0.39, 0.29) is 23.4 Å². The lowest BCUT2D eigenvalue weighted by Crippen LogP contribution is -2.45. The topological polar surface area (TPSA) is 93.4 Å². The maximum absolute atomic E-state index is 15.1. The van der Waals surface area contributed by atoms with E-state index in [1.54, 1.807) is 19.3 Å². The number of likely N-dealkylation sites (N-methyl/N-ethyl adjacent to an activating group) is 1. The number of benzene rings is 1. The van der Waals surface area contributed by atoms with Crippen molar-refractivity contribution in [2.24, 2.45) is 0 Å². The van der Waals surface area contributed by atoms with Crippen LogP contribution in [0.25, 0.3) is 11.0 Å². The molecule has 4 rings (SSSR count). The second-order valence-corrected chi connectivity index (χ2v) is 10.8. The molecule has 0 saturated carbocycles. The third-order valence-electron chi connectivity index (χ3n) is 6.26. The Kier molecular flexibility index (Phi) is 7.88. The fraction of sp³-hybridized carbons (Fsp3) is 0.458. The molecule has 1 aliphatic heterocycles. The van der Waals surface area contributed by atoms with Crippen LogP contribution >= 0.6 is 0 Å². The average molecular weight is 507 g/mol. The summed E-state index contributed by atoms with van der Waals surface area (Å²) in [5.41, 5.74) is 1.66. The summed E-state index contributed by atoms with van der Waals surface area (Å²) >= 11 is 0. The number of H-pyrrole nitrogens is 1. The van der Waals surface area contributed by atoms with Crippen molar-refractivity contribution in [1.29, 1.82) is 0 Å². The van der Waals surface area contributed by atoms with Gasteiger partial charge < -0.3 is 15.2 Å². The smallest absolute Gasteiger partial charge is 0.232 e. The van der Waals surface area contributed by atoms with Gasteiger partial charge in [0.15, 0.2) is 5.82 Å². The van der Waals surface area contributed by atoms with Gasteiger partial charge >= 0.3 is 0 Å². The van der Waals surface area contributed by atoms with E-state index < -0.39 is 21.7 Å². The lowest BCUT2D eigenvalue weighted by molar-refractivity contribution is 0.158. The molecule has 0 radical (unpaired) electrons. The van der Waals surface area contributed by atoms with E-state index in [0.29, 0.717) is 17.6 Å². The monoisotopic (exact) mass is 506 g/mol. The number of nitrogens with one attached hydrogen (secondary N) is 3. The van der Waals surface area contributed by atoms with Gasteiger partial charge in [-0.25, -0.2) is 22.2 Å². The van der Waals surface area contributed by atoms with Crippen LogP contribution in [-0.2, 0) is 16.4 Å². The molecule has 1 fully saturated rings. The molecule has 3 aromatic rings. The largest absolute Gasteiger partial charge is 0.382 e. The predicted molar refractivity (Wildman–Crippen MR) is 135 cm³/mol. The standard InChI is InChI=1S/C24H32F2N6O2S/c1-3-12-35(33,34)30-22-5-4-21(25)20(23(22)26)13-17-15-28-24-19(17)14-18(16-29-24)27-6-7-32-10-8-31(2)9-11-32/h4-5,14-16,27,30H,3,6-13H2,1-2H3,(H,28,29). The van der Waals surface area contributed by atoms with Crippen LogP contribution in [-0.4, -0.2) is 80.3 Å². The van der Waals surface area contributed by atoms with E-state index in [4.69, 9.17) is 0 Å². The summed E-state index contributed by atoms with van der Waals surface area (Å²) in [5.74, 6) is -1.78. The van der Waals surface area contributed by atoms with Gasteiger partial charge in [-0.15, -0.1) is 0 Å². The minimum atomic E-state index is -3.70. The first-order valence-corrected chi connectivity index (χ1v) is 13.5. The van der Waals surface area contributed by atoms with Gasteiger partial charge in [-0.2, -0.15) is 0 Å². The Morgan fingerprint density at radius 3 is 2.69 bits per heavy atom. The van der Waals surface area contributed by atoms with Crippen molar-refractivity contribution in [3.8, 4) is 0 Å². The Morgan fingerprint density at radius 2 is 1.94 bits per heavy atom. The first-order valence-electron chi connectivity index (χ1n) is 11.8. The average Bonchev–Trinajstić information content (AvgIpc) is 3.22. The lowest BCUT2D eigenvalue weighted by atomic mass is 10.0. The molecule has 0 bridgehead atoms. The summed E-state index contributed by atoms with van der Waals surface area (Å²) in [5, 5.41) is 4.14. The van der Waals surface area contributed by atoms with Gasteiger partial charge in [0.2, 0.25) is 10.0 Å². The van der Waals surface area contributed by atoms with E-state index in [1.807, 2.05) is 6.07 Å². The Balaban J connectivity index is 1.49. The number of aromatic nitrogens is 2. The molecular weight excluding hydrogens is 474 g/mol. The molecular formula is C24H32F2N6O2S. The highest BCUT2D eigenvalue weighted by Crippen LogP contribution is 2.28. The maximum atomic E-state index is 15.1. The zero-order valence-electron chi connectivity index (χ0n) is 20.1. The number of hydrogen-bond donors (Lipinski definition) is 3. The summed E-state index contributed by atoms with van der Waals surface area (Å²) in [7, 11) is -1.57. The molecule has 0 atom stereocenters. The molecule has 3 heterocycles. The van der Waals surface area contributed by atoms with Crippen LogP contribution in [0.15, 0.2) is 30.6 Å². The van der Waals surface area contributed by atoms with Crippen LogP contribution in [0.4, 0.5) is 20.2 Å². The summed E-state index contributed by atoms with van der Waals surface area (Å²) in [4.78, 5) is 12.2. The van der Waals surface area contributed by atoms with Crippen molar-refractivity contribution < 1.29 is 17.2 Å². The van der Waals surface area contributed by atoms with Gasteiger partial charge in [-0.3, -0.25) is 9.62 Å². The normalized spacial score (nSPS) is 15.5. The van der Waals surface area contributed by atoms with E-state index >= 15 is 4.39 Å². The van der Waals surface area contributed by atoms with Crippen molar-refractivity contribution in [3.63, 3.8) is 0 Å². The molecule has 35 heavy (non-hydrogen) atoms. The molecule has 0 aliphatic carbocycles. The molecule has 1 saturated heterocycles.